The van der Waals surface area contributed by atoms with Gasteiger partial charge in [-0.05, 0) is 61.0 Å². The molecule has 1 aromatic heterocycles. The molecule has 4 aromatic rings. The first-order chi connectivity index (χ1) is 19.0. The second-order valence-electron chi connectivity index (χ2n) is 8.32. The summed E-state index contributed by atoms with van der Waals surface area (Å²) in [4.78, 5) is 3.69. The smallest absolute Gasteiger partial charge is 0.416 e. The van der Waals surface area contributed by atoms with Crippen LogP contribution in [-0.4, -0.2) is 32.0 Å². The highest BCUT2D eigenvalue weighted by atomic mass is 32.2. The van der Waals surface area contributed by atoms with Gasteiger partial charge in [0.15, 0.2) is 0 Å². The summed E-state index contributed by atoms with van der Waals surface area (Å²) in [5, 5.41) is 9.86. The van der Waals surface area contributed by atoms with Crippen molar-refractivity contribution in [3.8, 4) is 29.1 Å². The molecule has 1 heterocycles. The lowest BCUT2D eigenvalue weighted by atomic mass is 10.1. The van der Waals surface area contributed by atoms with E-state index in [1.165, 1.54) is 39.6 Å². The van der Waals surface area contributed by atoms with Gasteiger partial charge in [-0.15, -0.1) is 0 Å². The minimum atomic E-state index is -4.58. The molecular weight excluding hydrogens is 569 g/mol. The number of anilines is 1. The lowest BCUT2D eigenvalue weighted by Gasteiger charge is -2.23. The summed E-state index contributed by atoms with van der Waals surface area (Å²) >= 11 is 0.837. The number of rotatable bonds is 9. The number of hydrogen-bond acceptors (Lipinski definition) is 9. The highest BCUT2D eigenvalue weighted by Gasteiger charge is 2.32. The van der Waals surface area contributed by atoms with Crippen LogP contribution >= 0.6 is 11.5 Å². The number of nitriles is 1. The van der Waals surface area contributed by atoms with E-state index in [0.717, 1.165) is 40.1 Å². The predicted molar refractivity (Wildman–Crippen MR) is 140 cm³/mol. The zero-order chi connectivity index (χ0) is 29.1. The van der Waals surface area contributed by atoms with Crippen LogP contribution in [0.15, 0.2) is 65.8 Å². The maximum Gasteiger partial charge on any atom is 0.416 e. The van der Waals surface area contributed by atoms with E-state index in [9.17, 15) is 26.9 Å². The minimum absolute atomic E-state index is 0.0199. The van der Waals surface area contributed by atoms with Crippen molar-refractivity contribution in [3.63, 3.8) is 0 Å². The van der Waals surface area contributed by atoms with Gasteiger partial charge in [0, 0.05) is 23.2 Å². The number of sulfonamides is 1. The number of halogens is 3. The molecule has 0 amide bonds. The van der Waals surface area contributed by atoms with Crippen LogP contribution in [-0.2, 0) is 22.7 Å². The van der Waals surface area contributed by atoms with Gasteiger partial charge in [0.05, 0.1) is 31.9 Å². The summed E-state index contributed by atoms with van der Waals surface area (Å²) in [7, 11) is -1.49. The van der Waals surface area contributed by atoms with Crippen molar-refractivity contribution in [2.75, 3.05) is 18.5 Å². The van der Waals surface area contributed by atoms with Crippen molar-refractivity contribution < 1.29 is 35.8 Å². The molecule has 208 valence electrons. The lowest BCUT2D eigenvalue weighted by molar-refractivity contribution is -0.137. The fourth-order valence-electron chi connectivity index (χ4n) is 3.78. The van der Waals surface area contributed by atoms with Crippen molar-refractivity contribution in [2.24, 2.45) is 0 Å². The minimum Gasteiger partial charge on any atom is -0.497 e. The Morgan fingerprint density at radius 2 is 1.75 bits per heavy atom. The van der Waals surface area contributed by atoms with Gasteiger partial charge in [-0.3, -0.25) is 0 Å². The van der Waals surface area contributed by atoms with Crippen LogP contribution in [0.2, 0.25) is 0 Å². The number of alkyl halides is 3. The van der Waals surface area contributed by atoms with E-state index in [1.54, 1.807) is 18.2 Å². The molecule has 0 aliphatic rings. The van der Waals surface area contributed by atoms with Crippen LogP contribution in [0.5, 0.6) is 23.0 Å². The quantitative estimate of drug-likeness (QED) is 0.235. The van der Waals surface area contributed by atoms with Crippen molar-refractivity contribution in [2.45, 2.75) is 24.5 Å². The largest absolute Gasteiger partial charge is 0.497 e. The molecule has 0 fully saturated rings. The fourth-order valence-corrected chi connectivity index (χ4v) is 6.03. The van der Waals surface area contributed by atoms with Crippen LogP contribution in [0.3, 0.4) is 0 Å². The van der Waals surface area contributed by atoms with Gasteiger partial charge in [0.1, 0.15) is 40.3 Å². The number of aromatic nitrogens is 2. The average Bonchev–Trinajstić information content (AvgIpc) is 3.45. The SMILES string of the molecule is COc1ccc(CN(c2ncns2)S(=O)(=O)c2ccc(Oc3cc(C)cc(C(F)(F)F)c3)cc2C#N)c(OC)c1. The average molecular weight is 591 g/mol. The van der Waals surface area contributed by atoms with Gasteiger partial charge in [0.2, 0.25) is 5.13 Å². The van der Waals surface area contributed by atoms with E-state index in [-0.39, 0.29) is 33.6 Å². The Morgan fingerprint density at radius 3 is 2.38 bits per heavy atom. The molecule has 0 saturated carbocycles. The topological polar surface area (TPSA) is 115 Å². The van der Waals surface area contributed by atoms with E-state index in [2.05, 4.69) is 9.36 Å². The predicted octanol–water partition coefficient (Wildman–Crippen LogP) is 5.94. The normalized spacial score (nSPS) is 11.5. The fraction of sp³-hybridized carbons (Fsp3) is 0.192. The highest BCUT2D eigenvalue weighted by Crippen LogP contribution is 2.36. The molecule has 14 heteroatoms. The number of methoxy groups -OCH3 is 2. The molecule has 40 heavy (non-hydrogen) atoms. The molecule has 0 N–H and O–H groups in total. The monoisotopic (exact) mass is 590 g/mol. The van der Waals surface area contributed by atoms with Gasteiger partial charge in [-0.25, -0.2) is 17.7 Å². The first kappa shape index (κ1) is 28.7. The van der Waals surface area contributed by atoms with Crippen molar-refractivity contribution in [1.82, 2.24) is 9.36 Å². The van der Waals surface area contributed by atoms with E-state index >= 15 is 0 Å². The van der Waals surface area contributed by atoms with Gasteiger partial charge in [0.25, 0.3) is 10.0 Å². The number of benzene rings is 3. The molecule has 0 bridgehead atoms. The number of hydrogen-bond donors (Lipinski definition) is 0. The molecule has 9 nitrogen and oxygen atoms in total. The molecule has 0 aliphatic heterocycles. The Balaban J connectivity index is 1.72. The molecule has 0 radical (unpaired) electrons. The third-order valence-corrected chi connectivity index (χ3v) is 8.22. The Kier molecular flexibility index (Phi) is 8.17. The summed E-state index contributed by atoms with van der Waals surface area (Å²) in [5.74, 6) is 0.733. The van der Waals surface area contributed by atoms with Gasteiger partial charge in [-0.1, -0.05) is 0 Å². The Hall–Kier alpha value is -4.35. The molecule has 3 aromatic carbocycles. The molecule has 0 atom stereocenters. The summed E-state index contributed by atoms with van der Waals surface area (Å²) in [6.07, 6.45) is -3.38. The number of ether oxygens (including phenoxy) is 3. The van der Waals surface area contributed by atoms with Crippen LogP contribution in [0, 0.1) is 18.3 Å². The second-order valence-corrected chi connectivity index (χ2v) is 10.9. The van der Waals surface area contributed by atoms with E-state index < -0.39 is 21.8 Å². The Labute approximate surface area is 232 Å². The summed E-state index contributed by atoms with van der Waals surface area (Å²) in [5.41, 5.74) is -0.382. The van der Waals surface area contributed by atoms with Crippen molar-refractivity contribution in [3.05, 3.63) is 83.2 Å². The van der Waals surface area contributed by atoms with Gasteiger partial charge in [-0.2, -0.15) is 22.8 Å². The first-order valence-corrected chi connectivity index (χ1v) is 13.6. The highest BCUT2D eigenvalue weighted by molar-refractivity contribution is 7.93. The maximum absolute atomic E-state index is 13.9. The van der Waals surface area contributed by atoms with E-state index in [4.69, 9.17) is 14.2 Å². The Bertz CT molecular complexity index is 1670. The third-order valence-electron chi connectivity index (χ3n) is 5.62. The van der Waals surface area contributed by atoms with Crippen LogP contribution in [0.1, 0.15) is 22.3 Å². The number of aryl methyl sites for hydroxylation is 1. The summed E-state index contributed by atoms with van der Waals surface area (Å²) < 4.78 is 88.6. The standard InChI is InChI=1S/C26H21F3N4O5S2/c1-16-8-19(26(27,28)29)11-22(9-16)38-21-6-7-24(18(10-21)13-30)40(34,35)33(25-31-15-32-39-25)14-17-4-5-20(36-2)12-23(17)37-3/h4-12,15H,14H2,1-3H3. The lowest BCUT2D eigenvalue weighted by Crippen LogP contribution is -2.31. The summed E-state index contributed by atoms with van der Waals surface area (Å²) in [6.45, 7) is 1.27. The van der Waals surface area contributed by atoms with E-state index in [1.807, 2.05) is 6.07 Å². The zero-order valence-corrected chi connectivity index (χ0v) is 22.9. The van der Waals surface area contributed by atoms with Crippen molar-refractivity contribution >= 4 is 26.7 Å². The van der Waals surface area contributed by atoms with Crippen LogP contribution in [0.4, 0.5) is 18.3 Å². The second kappa shape index (κ2) is 11.4. The molecule has 0 unspecified atom stereocenters. The zero-order valence-electron chi connectivity index (χ0n) is 21.3. The van der Waals surface area contributed by atoms with Crippen LogP contribution < -0.4 is 18.5 Å². The maximum atomic E-state index is 13.9. The molecule has 0 saturated heterocycles. The molecule has 0 spiro atoms. The molecular formula is C26H21F3N4O5S2. The molecule has 4 rings (SSSR count). The summed E-state index contributed by atoms with van der Waals surface area (Å²) in [6, 6.07) is 13.5. The number of nitrogens with zero attached hydrogens (tertiary/aromatic N) is 4. The van der Waals surface area contributed by atoms with Crippen LogP contribution in [0.25, 0.3) is 0 Å². The Morgan fingerprint density at radius 1 is 1.00 bits per heavy atom. The van der Waals surface area contributed by atoms with Gasteiger partial charge < -0.3 is 14.2 Å². The van der Waals surface area contributed by atoms with Crippen molar-refractivity contribution in [1.29, 1.82) is 5.26 Å². The first-order valence-electron chi connectivity index (χ1n) is 11.4. The van der Waals surface area contributed by atoms with E-state index in [0.29, 0.717) is 22.6 Å². The van der Waals surface area contributed by atoms with Gasteiger partial charge >= 0.3 is 6.18 Å². The molecule has 0 aliphatic carbocycles. The third kappa shape index (κ3) is 6.11.